The van der Waals surface area contributed by atoms with E-state index in [9.17, 15) is 0 Å². The first-order chi connectivity index (χ1) is 27.6. The lowest BCUT2D eigenvalue weighted by Gasteiger charge is -2.29. The molecule has 3 heterocycles. The number of hydrogen-bond acceptors (Lipinski definition) is 4. The number of benzene rings is 8. The summed E-state index contributed by atoms with van der Waals surface area (Å²) in [4.78, 5) is 2.37. The van der Waals surface area contributed by atoms with Crippen molar-refractivity contribution in [3.8, 4) is 22.3 Å². The fourth-order valence-electron chi connectivity index (χ4n) is 9.06. The van der Waals surface area contributed by atoms with Gasteiger partial charge < -0.3 is 18.2 Å². The minimum atomic E-state index is 0.727. The van der Waals surface area contributed by atoms with E-state index < -0.39 is 0 Å². The topological polar surface area (TPSA) is 42.7 Å². The third-order valence-corrected chi connectivity index (χ3v) is 11.5. The molecular formula is C52H31NO3. The first-order valence-corrected chi connectivity index (χ1v) is 18.8. The Bertz CT molecular complexity index is 3560. The Kier molecular flexibility index (Phi) is 6.32. The number of allylic oxidation sites excluding steroid dienone is 1. The molecule has 11 aromatic rings. The summed E-state index contributed by atoms with van der Waals surface area (Å²) in [5, 5.41) is 8.67. The molecule has 0 aliphatic heterocycles. The molecule has 0 N–H and O–H groups in total. The van der Waals surface area contributed by atoms with Gasteiger partial charge in [0.1, 0.15) is 33.3 Å². The fourth-order valence-corrected chi connectivity index (χ4v) is 9.06. The number of para-hydroxylation sites is 1. The molecule has 3 aromatic heterocycles. The van der Waals surface area contributed by atoms with Crippen LogP contribution >= 0.6 is 0 Å². The van der Waals surface area contributed by atoms with Gasteiger partial charge in [0, 0.05) is 60.0 Å². The van der Waals surface area contributed by atoms with Crippen LogP contribution in [0.25, 0.3) is 100 Å². The average molecular weight is 718 g/mol. The van der Waals surface area contributed by atoms with Crippen LogP contribution in [0.15, 0.2) is 184 Å². The van der Waals surface area contributed by atoms with Gasteiger partial charge in [-0.25, -0.2) is 0 Å². The van der Waals surface area contributed by atoms with Crippen LogP contribution in [0, 0.1) is 0 Å². The highest BCUT2D eigenvalue weighted by Gasteiger charge is 2.29. The van der Waals surface area contributed by atoms with Crippen molar-refractivity contribution in [2.24, 2.45) is 0 Å². The minimum Gasteiger partial charge on any atom is -0.456 e. The Balaban J connectivity index is 1.15. The van der Waals surface area contributed by atoms with Crippen molar-refractivity contribution in [3.63, 3.8) is 0 Å². The minimum absolute atomic E-state index is 0.727. The highest BCUT2D eigenvalue weighted by atomic mass is 16.3. The summed E-state index contributed by atoms with van der Waals surface area (Å²) in [6, 6.07) is 55.3. The van der Waals surface area contributed by atoms with Gasteiger partial charge in [0.15, 0.2) is 0 Å². The Morgan fingerprint density at radius 2 is 1.16 bits per heavy atom. The van der Waals surface area contributed by atoms with E-state index in [1.54, 1.807) is 0 Å². The maximum absolute atomic E-state index is 6.67. The van der Waals surface area contributed by atoms with Gasteiger partial charge in [0.2, 0.25) is 0 Å². The summed E-state index contributed by atoms with van der Waals surface area (Å²) in [7, 11) is 0. The van der Waals surface area contributed by atoms with E-state index in [4.69, 9.17) is 13.3 Å². The van der Waals surface area contributed by atoms with E-state index in [1.165, 1.54) is 5.39 Å². The van der Waals surface area contributed by atoms with E-state index in [0.29, 0.717) is 0 Å². The molecule has 0 bridgehead atoms. The summed E-state index contributed by atoms with van der Waals surface area (Å²) in [6.45, 7) is 8.58. The molecule has 0 spiro atoms. The molecule has 0 atom stereocenters. The summed E-state index contributed by atoms with van der Waals surface area (Å²) >= 11 is 0. The van der Waals surface area contributed by atoms with Gasteiger partial charge in [-0.05, 0) is 88.3 Å². The number of rotatable bonds is 6. The second-order valence-electron chi connectivity index (χ2n) is 14.5. The summed E-state index contributed by atoms with van der Waals surface area (Å²) in [6.07, 6.45) is 1.86. The first-order valence-electron chi connectivity index (χ1n) is 18.8. The predicted octanol–water partition coefficient (Wildman–Crippen LogP) is 13.3. The van der Waals surface area contributed by atoms with E-state index >= 15 is 0 Å². The smallest absolute Gasteiger partial charge is 0.142 e. The van der Waals surface area contributed by atoms with Gasteiger partial charge in [-0.15, -0.1) is 0 Å². The molecule has 0 amide bonds. The number of fused-ring (bicyclic) bond motifs is 2. The lowest BCUT2D eigenvalue weighted by Crippen LogP contribution is -2.21. The third-order valence-electron chi connectivity index (χ3n) is 11.5. The SMILES string of the molecule is C=C/C(c1ccc(N(c2cccc(-c3ccccc3)c2)c2ccc3oc4ccc5ccc6oc7cccc8c7c6c5c4c3c2-8)cc1)=c1/oc2ccccc2c1=C. The maximum atomic E-state index is 6.67. The molecule has 12 rings (SSSR count). The van der Waals surface area contributed by atoms with Gasteiger partial charge in [-0.2, -0.15) is 0 Å². The van der Waals surface area contributed by atoms with Crippen molar-refractivity contribution in [1.29, 1.82) is 0 Å². The van der Waals surface area contributed by atoms with Crippen molar-refractivity contribution in [2.75, 3.05) is 4.90 Å². The Morgan fingerprint density at radius 3 is 1.95 bits per heavy atom. The molecule has 262 valence electrons. The van der Waals surface area contributed by atoms with Crippen LogP contribution in [-0.4, -0.2) is 0 Å². The second-order valence-corrected chi connectivity index (χ2v) is 14.5. The molecule has 56 heavy (non-hydrogen) atoms. The molecule has 0 fully saturated rings. The summed E-state index contributed by atoms with van der Waals surface area (Å²) in [5.74, 6) is 0. The standard InChI is InChI=1S/C52H31NO3/c1-3-37(52-30(2)38-15-7-8-17-41(38)56-52)32-19-23-35(24-20-32)53(36-14-9-13-34(29-36)31-11-5-4-6-12-31)40-25-28-45-51-47(40)39-16-10-18-42-48(39)49-43(54-42)26-21-33-22-27-44(55-45)50(51)46(33)49/h3-29H,1-2H2/b52-37-. The molecule has 0 saturated carbocycles. The van der Waals surface area contributed by atoms with E-state index in [0.717, 1.165) is 121 Å². The monoisotopic (exact) mass is 717 g/mol. The number of nitrogens with zero attached hydrogens (tertiary/aromatic N) is 1. The van der Waals surface area contributed by atoms with Gasteiger partial charge in [0.05, 0.1) is 5.69 Å². The number of furan rings is 3. The molecule has 0 unspecified atom stereocenters. The second kappa shape index (κ2) is 11.5. The first kappa shape index (κ1) is 30.9. The van der Waals surface area contributed by atoms with Crippen LogP contribution in [0.5, 0.6) is 0 Å². The average Bonchev–Trinajstić information content (AvgIpc) is 3.90. The van der Waals surface area contributed by atoms with Crippen LogP contribution in [0.2, 0.25) is 0 Å². The zero-order chi connectivity index (χ0) is 37.1. The zero-order valence-corrected chi connectivity index (χ0v) is 30.2. The van der Waals surface area contributed by atoms with Crippen LogP contribution in [0.4, 0.5) is 17.1 Å². The lowest BCUT2D eigenvalue weighted by molar-refractivity contribution is 0.573. The lowest BCUT2D eigenvalue weighted by atomic mass is 9.95. The maximum Gasteiger partial charge on any atom is 0.142 e. The Labute approximate surface area is 320 Å². The third kappa shape index (κ3) is 4.24. The molecule has 4 heteroatoms. The molecule has 0 radical (unpaired) electrons. The van der Waals surface area contributed by atoms with Crippen molar-refractivity contribution in [3.05, 3.63) is 187 Å². The molecule has 1 aliphatic carbocycles. The fraction of sp³-hybridized carbons (Fsp3) is 0. The number of anilines is 3. The molecule has 8 aromatic carbocycles. The Hall–Kier alpha value is -7.56. The molecule has 4 nitrogen and oxygen atoms in total. The predicted molar refractivity (Wildman–Crippen MR) is 231 cm³/mol. The largest absolute Gasteiger partial charge is 0.456 e. The van der Waals surface area contributed by atoms with Crippen LogP contribution in [-0.2, 0) is 0 Å². The van der Waals surface area contributed by atoms with Gasteiger partial charge in [-0.1, -0.05) is 116 Å². The summed E-state index contributed by atoms with van der Waals surface area (Å²) < 4.78 is 19.6. The van der Waals surface area contributed by atoms with Crippen molar-refractivity contribution < 1.29 is 13.3 Å². The van der Waals surface area contributed by atoms with Crippen LogP contribution in [0.1, 0.15) is 5.56 Å². The van der Waals surface area contributed by atoms with Crippen molar-refractivity contribution in [1.82, 2.24) is 0 Å². The molecule has 1 aliphatic rings. The van der Waals surface area contributed by atoms with E-state index in [-0.39, 0.29) is 0 Å². The van der Waals surface area contributed by atoms with Gasteiger partial charge >= 0.3 is 0 Å². The quantitative estimate of drug-likeness (QED) is 0.172. The van der Waals surface area contributed by atoms with Gasteiger partial charge in [-0.3, -0.25) is 0 Å². The van der Waals surface area contributed by atoms with Crippen molar-refractivity contribution in [2.45, 2.75) is 0 Å². The van der Waals surface area contributed by atoms with Gasteiger partial charge in [0.25, 0.3) is 0 Å². The molecule has 0 saturated heterocycles. The highest BCUT2D eigenvalue weighted by molar-refractivity contribution is 6.37. The molecular weight excluding hydrogens is 687 g/mol. The number of hydrogen-bond donors (Lipinski definition) is 0. The summed E-state index contributed by atoms with van der Waals surface area (Å²) in [5.41, 5.74) is 14.5. The normalized spacial score (nSPS) is 12.7. The van der Waals surface area contributed by atoms with E-state index in [1.807, 2.05) is 30.3 Å². The van der Waals surface area contributed by atoms with E-state index in [2.05, 4.69) is 152 Å². The van der Waals surface area contributed by atoms with Crippen molar-refractivity contribution >= 4 is 94.8 Å². The zero-order valence-electron chi connectivity index (χ0n) is 30.2. The highest BCUT2D eigenvalue weighted by Crippen LogP contribution is 2.54. The van der Waals surface area contributed by atoms with Crippen LogP contribution in [0.3, 0.4) is 0 Å². The Morgan fingerprint density at radius 1 is 0.500 bits per heavy atom. The van der Waals surface area contributed by atoms with Crippen LogP contribution < -0.4 is 15.5 Å².